The number of rotatable bonds is 5. The number of carboxylic acids is 1. The van der Waals surface area contributed by atoms with Crippen molar-refractivity contribution in [2.75, 3.05) is 0 Å². The Balaban J connectivity index is 1.49. The number of fused-ring (bicyclic) bond motifs is 3. The lowest BCUT2D eigenvalue weighted by atomic mass is 9.52. The smallest absolute Gasteiger partial charge is 0.348 e. The van der Waals surface area contributed by atoms with E-state index in [-0.39, 0.29) is 40.5 Å². The monoisotopic (exact) mass is 582 g/mol. The van der Waals surface area contributed by atoms with Gasteiger partial charge in [-0.15, -0.1) is 0 Å². The number of carbonyl (C=O) groups excluding carboxylic acids is 3. The summed E-state index contributed by atoms with van der Waals surface area (Å²) in [7, 11) is 0. The third kappa shape index (κ3) is 4.83. The largest absolute Gasteiger partial charge is 0.478 e. The minimum absolute atomic E-state index is 0.0291. The maximum Gasteiger partial charge on any atom is 0.348 e. The average Bonchev–Trinajstić information content (AvgIpc) is 3.27. The quantitative estimate of drug-likeness (QED) is 0.306. The second kappa shape index (κ2) is 10.4. The zero-order chi connectivity index (χ0) is 30.8. The first-order chi connectivity index (χ1) is 19.5. The molecule has 0 bridgehead atoms. The van der Waals surface area contributed by atoms with Gasteiger partial charge in [0.25, 0.3) is 0 Å². The van der Waals surface area contributed by atoms with Crippen molar-refractivity contribution in [3.63, 3.8) is 0 Å². The van der Waals surface area contributed by atoms with E-state index in [1.807, 2.05) is 19.9 Å². The SMILES string of the molecule is CC(=O)O[C@@H]1C[C@H]([C@@](C)(OC(C)=O)C(=O)O)C[C@H]1[C@H]1CC[C@@]2(C)C3=C(C=C4C=CC(=O)OC(C)(C)[C@@H]4CC3)CC[C@]12C. The molecule has 5 aliphatic rings. The summed E-state index contributed by atoms with van der Waals surface area (Å²) in [5.41, 5.74) is 1.59. The fourth-order valence-corrected chi connectivity index (χ4v) is 9.65. The van der Waals surface area contributed by atoms with Crippen LogP contribution in [0.1, 0.15) is 99.8 Å². The predicted octanol–water partition coefficient (Wildman–Crippen LogP) is 6.09. The van der Waals surface area contributed by atoms with E-state index >= 15 is 0 Å². The summed E-state index contributed by atoms with van der Waals surface area (Å²) >= 11 is 0. The van der Waals surface area contributed by atoms with Gasteiger partial charge >= 0.3 is 23.9 Å². The van der Waals surface area contributed by atoms with Crippen LogP contribution in [0.3, 0.4) is 0 Å². The minimum Gasteiger partial charge on any atom is -0.478 e. The molecule has 0 aromatic carbocycles. The molecule has 2 fully saturated rings. The van der Waals surface area contributed by atoms with Crippen molar-refractivity contribution in [1.29, 1.82) is 0 Å². The van der Waals surface area contributed by atoms with E-state index in [4.69, 9.17) is 14.2 Å². The minimum atomic E-state index is -1.68. The molecular weight excluding hydrogens is 536 g/mol. The van der Waals surface area contributed by atoms with Gasteiger partial charge in [-0.25, -0.2) is 9.59 Å². The molecule has 0 aromatic heterocycles. The van der Waals surface area contributed by atoms with Crippen LogP contribution < -0.4 is 0 Å². The van der Waals surface area contributed by atoms with E-state index in [9.17, 15) is 24.3 Å². The summed E-state index contributed by atoms with van der Waals surface area (Å²) < 4.78 is 17.1. The molecule has 1 heterocycles. The van der Waals surface area contributed by atoms with Crippen LogP contribution in [-0.4, -0.2) is 46.3 Å². The van der Waals surface area contributed by atoms with Crippen LogP contribution in [0.4, 0.5) is 0 Å². The summed E-state index contributed by atoms with van der Waals surface area (Å²) in [6, 6.07) is 0. The summed E-state index contributed by atoms with van der Waals surface area (Å²) in [5, 5.41) is 10.1. The first kappa shape index (κ1) is 30.6. The molecule has 8 heteroatoms. The van der Waals surface area contributed by atoms with Gasteiger partial charge in [0.05, 0.1) is 0 Å². The highest BCUT2D eigenvalue weighted by Crippen LogP contribution is 2.69. The second-order valence-corrected chi connectivity index (χ2v) is 14.5. The highest BCUT2D eigenvalue weighted by atomic mass is 16.6. The third-order valence-electron chi connectivity index (χ3n) is 12.0. The van der Waals surface area contributed by atoms with E-state index < -0.39 is 35.2 Å². The Morgan fingerprint density at radius 1 is 1.00 bits per heavy atom. The molecule has 0 aromatic rings. The van der Waals surface area contributed by atoms with Crippen molar-refractivity contribution in [3.05, 3.63) is 34.9 Å². The lowest BCUT2D eigenvalue weighted by Gasteiger charge is -2.52. The molecule has 8 nitrogen and oxygen atoms in total. The molecule has 1 N–H and O–H groups in total. The van der Waals surface area contributed by atoms with E-state index in [1.165, 1.54) is 31.9 Å². The first-order valence-electron chi connectivity index (χ1n) is 15.5. The Morgan fingerprint density at radius 2 is 1.71 bits per heavy atom. The van der Waals surface area contributed by atoms with Crippen LogP contribution in [0, 0.1) is 34.5 Å². The number of aliphatic carboxylic acids is 1. The number of cyclic esters (lactones) is 1. The molecule has 0 unspecified atom stereocenters. The van der Waals surface area contributed by atoms with Gasteiger partial charge in [0.15, 0.2) is 0 Å². The van der Waals surface area contributed by atoms with Crippen molar-refractivity contribution in [2.45, 2.75) is 117 Å². The number of carboxylic acid groups (broad SMARTS) is 1. The summed E-state index contributed by atoms with van der Waals surface area (Å²) in [4.78, 5) is 48.8. The molecule has 0 radical (unpaired) electrons. The third-order valence-corrected chi connectivity index (χ3v) is 12.0. The van der Waals surface area contributed by atoms with Gasteiger partial charge in [-0.3, -0.25) is 9.59 Å². The van der Waals surface area contributed by atoms with Gasteiger partial charge in [-0.05, 0) is 106 Å². The zero-order valence-electron chi connectivity index (χ0n) is 26.1. The number of hydrogen-bond acceptors (Lipinski definition) is 7. The van der Waals surface area contributed by atoms with E-state index in [2.05, 4.69) is 19.9 Å². The van der Waals surface area contributed by atoms with Gasteiger partial charge < -0.3 is 19.3 Å². The lowest BCUT2D eigenvalue weighted by Crippen LogP contribution is -2.46. The lowest BCUT2D eigenvalue weighted by molar-refractivity contribution is -0.182. The Kier molecular flexibility index (Phi) is 7.55. The molecule has 8 atom stereocenters. The van der Waals surface area contributed by atoms with Crippen molar-refractivity contribution in [2.24, 2.45) is 34.5 Å². The van der Waals surface area contributed by atoms with E-state index in [0.29, 0.717) is 12.8 Å². The maximum absolute atomic E-state index is 12.4. The molecule has 4 aliphatic carbocycles. The van der Waals surface area contributed by atoms with Crippen LogP contribution in [0.15, 0.2) is 34.9 Å². The molecule has 1 aliphatic heterocycles. The Morgan fingerprint density at radius 3 is 2.36 bits per heavy atom. The topological polar surface area (TPSA) is 116 Å². The van der Waals surface area contributed by atoms with Crippen molar-refractivity contribution in [3.8, 4) is 0 Å². The second-order valence-electron chi connectivity index (χ2n) is 14.5. The number of hydrogen-bond donors (Lipinski definition) is 1. The summed E-state index contributed by atoms with van der Waals surface area (Å²) in [6.07, 6.45) is 11.9. The molecule has 230 valence electrons. The van der Waals surface area contributed by atoms with E-state index in [0.717, 1.165) is 44.1 Å². The fourth-order valence-electron chi connectivity index (χ4n) is 9.65. The molecular formula is C34H46O8. The molecule has 0 spiro atoms. The number of esters is 3. The normalized spacial score (nSPS) is 38.5. The number of ether oxygens (including phenoxy) is 3. The molecule has 0 saturated heterocycles. The predicted molar refractivity (Wildman–Crippen MR) is 155 cm³/mol. The Hall–Kier alpha value is -2.90. The number of carbonyl (C=O) groups is 4. The van der Waals surface area contributed by atoms with Crippen LogP contribution in [-0.2, 0) is 33.4 Å². The van der Waals surface area contributed by atoms with Crippen LogP contribution in [0.25, 0.3) is 0 Å². The molecule has 2 saturated carbocycles. The number of allylic oxidation sites excluding steroid dienone is 4. The highest BCUT2D eigenvalue weighted by Gasteiger charge is 2.63. The van der Waals surface area contributed by atoms with Crippen molar-refractivity contribution >= 4 is 23.9 Å². The van der Waals surface area contributed by atoms with Gasteiger partial charge in [-0.1, -0.05) is 31.6 Å². The summed E-state index contributed by atoms with van der Waals surface area (Å²) in [6.45, 7) is 12.9. The molecule has 5 rings (SSSR count). The van der Waals surface area contributed by atoms with Crippen LogP contribution >= 0.6 is 0 Å². The van der Waals surface area contributed by atoms with Gasteiger partial charge in [0.2, 0.25) is 5.60 Å². The van der Waals surface area contributed by atoms with E-state index in [1.54, 1.807) is 6.08 Å². The van der Waals surface area contributed by atoms with Crippen molar-refractivity contribution in [1.82, 2.24) is 0 Å². The Bertz CT molecular complexity index is 1290. The van der Waals surface area contributed by atoms with Gasteiger partial charge in [0, 0.05) is 31.8 Å². The fraction of sp³-hybridized carbons (Fsp3) is 0.706. The van der Waals surface area contributed by atoms with Crippen molar-refractivity contribution < 1.29 is 38.5 Å². The van der Waals surface area contributed by atoms with Gasteiger partial charge in [0.1, 0.15) is 11.7 Å². The standard InChI is InChI=1S/C34H46O8/c1-19(35)40-28-18-23(34(7,30(38)39)41-20(2)36)17-24(28)27-13-15-32(5)26-10-9-25-21(8-11-29(37)42-31(25,3)4)16-22(26)12-14-33(27,32)6/h8,11,16,23-25,27-28H,9-10,12-15,17-18H2,1-7H3,(H,38,39)/t23-,24+,25-,27-,28-,32+,33-,34-/m1/s1. The van der Waals surface area contributed by atoms with Gasteiger partial charge in [-0.2, -0.15) is 0 Å². The molecule has 0 amide bonds. The maximum atomic E-state index is 12.4. The Labute approximate surface area is 248 Å². The van der Waals surface area contributed by atoms with Crippen LogP contribution in [0.5, 0.6) is 0 Å². The zero-order valence-corrected chi connectivity index (χ0v) is 26.1. The van der Waals surface area contributed by atoms with Crippen LogP contribution in [0.2, 0.25) is 0 Å². The molecule has 42 heavy (non-hydrogen) atoms. The first-order valence-corrected chi connectivity index (χ1v) is 15.5. The average molecular weight is 583 g/mol. The highest BCUT2D eigenvalue weighted by molar-refractivity contribution is 5.84. The summed E-state index contributed by atoms with van der Waals surface area (Å²) in [5.74, 6) is -2.64.